The highest BCUT2D eigenvalue weighted by atomic mass is 16.6. The van der Waals surface area contributed by atoms with Crippen LogP contribution in [0.4, 0.5) is 4.79 Å². The van der Waals surface area contributed by atoms with Gasteiger partial charge in [0.25, 0.3) is 5.91 Å². The number of carboxylic acid groups (broad SMARTS) is 1. The number of methoxy groups -OCH3 is 1. The van der Waals surface area contributed by atoms with Gasteiger partial charge in [0.15, 0.2) is 0 Å². The molecule has 4 aliphatic rings. The third-order valence-corrected chi connectivity index (χ3v) is 10.7. The summed E-state index contributed by atoms with van der Waals surface area (Å²) < 4.78 is 17.5. The van der Waals surface area contributed by atoms with Crippen LogP contribution in [0.25, 0.3) is 0 Å². The summed E-state index contributed by atoms with van der Waals surface area (Å²) in [6.07, 6.45) is 5.43. The SMILES string of the molecule is COc1cc(C#N)c(OC2CCC(C)(C(=O)O)CC2)cc1C(=O)NC1[C@H]2CC[C@@H]([C@H]1C(=O)NCC1(C)CCC1)N2C(=O)OC(C)(C)C. The standard InChI is InChI=1S/C35H48N4O8/c1-33(2,3)47-32(44)39-23-8-9-24(39)28(27(23)30(41)37-19-34(4)12-7-13-34)38-29(40)22-17-25(20(18-36)16-26(22)45-6)46-21-10-14-35(5,15-11-21)31(42)43/h16-17,21,23-24,27-28H,7-15,19H2,1-6H3,(H,37,41)(H,38,40)(H,42,43)/t21?,23-,24+,27+,28?,35?/m0/s1. The fourth-order valence-electron chi connectivity index (χ4n) is 7.59. The highest BCUT2D eigenvalue weighted by molar-refractivity contribution is 5.98. The van der Waals surface area contributed by atoms with Crippen LogP contribution in [0, 0.1) is 28.1 Å². The number of amides is 3. The van der Waals surface area contributed by atoms with Crippen LogP contribution in [-0.4, -0.2) is 77.4 Å². The molecule has 12 nitrogen and oxygen atoms in total. The Labute approximate surface area is 276 Å². The van der Waals surface area contributed by atoms with E-state index in [1.165, 1.54) is 19.2 Å². The number of fused-ring (bicyclic) bond motifs is 2. The average Bonchev–Trinajstić information content (AvgIpc) is 3.56. The highest BCUT2D eigenvalue weighted by Crippen LogP contribution is 2.45. The number of nitrogens with zero attached hydrogens (tertiary/aromatic N) is 2. The van der Waals surface area contributed by atoms with Crippen molar-refractivity contribution in [1.82, 2.24) is 15.5 Å². The molecular weight excluding hydrogens is 604 g/mol. The zero-order valence-corrected chi connectivity index (χ0v) is 28.3. The van der Waals surface area contributed by atoms with Crippen molar-refractivity contribution in [2.45, 2.75) is 122 Å². The maximum atomic E-state index is 14.0. The summed E-state index contributed by atoms with van der Waals surface area (Å²) in [5.41, 5.74) is -1.20. The molecule has 2 aliphatic carbocycles. The summed E-state index contributed by atoms with van der Waals surface area (Å²) in [4.78, 5) is 54.6. The summed E-state index contributed by atoms with van der Waals surface area (Å²) >= 11 is 0. The average molecular weight is 653 g/mol. The molecule has 4 fully saturated rings. The Morgan fingerprint density at radius 1 is 1.02 bits per heavy atom. The van der Waals surface area contributed by atoms with E-state index in [1.54, 1.807) is 32.6 Å². The van der Waals surface area contributed by atoms with Crippen molar-refractivity contribution in [3.8, 4) is 17.6 Å². The summed E-state index contributed by atoms with van der Waals surface area (Å²) in [6, 6.07) is 3.48. The highest BCUT2D eigenvalue weighted by Gasteiger charge is 2.59. The number of carboxylic acids is 1. The second-order valence-electron chi connectivity index (χ2n) is 15.4. The number of hydrogen-bond acceptors (Lipinski definition) is 8. The number of carbonyl (C=O) groups excluding carboxylic acids is 3. The van der Waals surface area contributed by atoms with Crippen molar-refractivity contribution in [2.75, 3.05) is 13.7 Å². The van der Waals surface area contributed by atoms with Gasteiger partial charge in [0.05, 0.1) is 47.8 Å². The van der Waals surface area contributed by atoms with Crippen molar-refractivity contribution in [1.29, 1.82) is 5.26 Å². The smallest absolute Gasteiger partial charge is 0.410 e. The Morgan fingerprint density at radius 3 is 2.23 bits per heavy atom. The van der Waals surface area contributed by atoms with Crippen LogP contribution < -0.4 is 20.1 Å². The summed E-state index contributed by atoms with van der Waals surface area (Å²) in [7, 11) is 1.40. The van der Waals surface area contributed by atoms with E-state index < -0.39 is 53.0 Å². The van der Waals surface area contributed by atoms with E-state index >= 15 is 0 Å². The van der Waals surface area contributed by atoms with Gasteiger partial charge in [-0.05, 0) is 90.5 Å². The van der Waals surface area contributed by atoms with Gasteiger partial charge >= 0.3 is 12.1 Å². The van der Waals surface area contributed by atoms with Gasteiger partial charge in [-0.2, -0.15) is 5.26 Å². The first-order valence-electron chi connectivity index (χ1n) is 16.7. The van der Waals surface area contributed by atoms with Crippen LogP contribution in [0.5, 0.6) is 11.5 Å². The van der Waals surface area contributed by atoms with Gasteiger partial charge in [-0.15, -0.1) is 0 Å². The maximum Gasteiger partial charge on any atom is 0.410 e. The molecule has 2 bridgehead atoms. The monoisotopic (exact) mass is 652 g/mol. The Morgan fingerprint density at radius 2 is 1.68 bits per heavy atom. The number of nitriles is 1. The topological polar surface area (TPSA) is 167 Å². The maximum absolute atomic E-state index is 14.0. The predicted octanol–water partition coefficient (Wildman–Crippen LogP) is 4.78. The Kier molecular flexibility index (Phi) is 9.41. The lowest BCUT2D eigenvalue weighted by Gasteiger charge is -2.39. The first-order chi connectivity index (χ1) is 22.1. The van der Waals surface area contributed by atoms with Crippen molar-refractivity contribution in [3.05, 3.63) is 23.3 Å². The molecule has 256 valence electrons. The number of nitrogens with one attached hydrogen (secondary N) is 2. The van der Waals surface area contributed by atoms with E-state index in [0.29, 0.717) is 45.1 Å². The van der Waals surface area contributed by atoms with Gasteiger partial charge < -0.3 is 30.0 Å². The van der Waals surface area contributed by atoms with Gasteiger partial charge in [-0.25, -0.2) is 4.79 Å². The minimum Gasteiger partial charge on any atom is -0.496 e. The molecule has 2 saturated carbocycles. The normalized spacial score (nSPS) is 29.2. The molecule has 4 atom stereocenters. The van der Waals surface area contributed by atoms with E-state index in [4.69, 9.17) is 14.2 Å². The summed E-state index contributed by atoms with van der Waals surface area (Å²) in [6.45, 7) is 9.78. The Hall–Kier alpha value is -4.01. The Bertz CT molecular complexity index is 1450. The molecule has 3 amide bonds. The zero-order chi connectivity index (χ0) is 34.3. The van der Waals surface area contributed by atoms with Crippen LogP contribution in [0.3, 0.4) is 0 Å². The van der Waals surface area contributed by atoms with Crippen LogP contribution in [0.1, 0.15) is 108 Å². The largest absolute Gasteiger partial charge is 0.496 e. The van der Waals surface area contributed by atoms with Crippen molar-refractivity contribution >= 4 is 23.9 Å². The fraction of sp³-hybridized carbons (Fsp3) is 0.686. The lowest BCUT2D eigenvalue weighted by atomic mass is 9.70. The molecule has 47 heavy (non-hydrogen) atoms. The fourth-order valence-corrected chi connectivity index (χ4v) is 7.59. The van der Waals surface area contributed by atoms with Gasteiger partial charge in [0, 0.05) is 18.7 Å². The second kappa shape index (κ2) is 12.9. The second-order valence-corrected chi connectivity index (χ2v) is 15.4. The third-order valence-electron chi connectivity index (χ3n) is 10.7. The molecule has 1 aromatic carbocycles. The number of benzene rings is 1. The summed E-state index contributed by atoms with van der Waals surface area (Å²) in [5, 5.41) is 25.7. The quantitative estimate of drug-likeness (QED) is 0.340. The zero-order valence-electron chi connectivity index (χ0n) is 28.3. The molecule has 0 radical (unpaired) electrons. The number of hydrogen-bond donors (Lipinski definition) is 3. The van der Waals surface area contributed by atoms with E-state index in [2.05, 4.69) is 23.6 Å². The van der Waals surface area contributed by atoms with Crippen LogP contribution in [0.15, 0.2) is 12.1 Å². The number of ether oxygens (including phenoxy) is 3. The van der Waals surface area contributed by atoms with Crippen LogP contribution in [-0.2, 0) is 14.3 Å². The molecule has 1 aromatic rings. The molecule has 3 N–H and O–H groups in total. The van der Waals surface area contributed by atoms with Gasteiger partial charge in [-0.1, -0.05) is 13.3 Å². The van der Waals surface area contributed by atoms with E-state index in [-0.39, 0.29) is 40.1 Å². The number of carbonyl (C=O) groups is 4. The molecule has 2 aliphatic heterocycles. The molecule has 0 aromatic heterocycles. The van der Waals surface area contributed by atoms with E-state index in [9.17, 15) is 29.5 Å². The molecule has 12 heteroatoms. The summed E-state index contributed by atoms with van der Waals surface area (Å²) in [5.74, 6) is -1.88. The minimum atomic E-state index is -0.841. The van der Waals surface area contributed by atoms with Crippen molar-refractivity contribution in [2.24, 2.45) is 16.7 Å². The minimum absolute atomic E-state index is 0.0493. The molecule has 2 saturated heterocycles. The van der Waals surface area contributed by atoms with Crippen molar-refractivity contribution in [3.63, 3.8) is 0 Å². The van der Waals surface area contributed by atoms with E-state index in [1.807, 2.05) is 0 Å². The molecular formula is C35H48N4O8. The lowest BCUT2D eigenvalue weighted by Crippen LogP contribution is -2.53. The van der Waals surface area contributed by atoms with E-state index in [0.717, 1.165) is 19.3 Å². The lowest BCUT2D eigenvalue weighted by molar-refractivity contribution is -0.150. The van der Waals surface area contributed by atoms with Gasteiger partial charge in [0.1, 0.15) is 23.2 Å². The molecule has 0 spiro atoms. The van der Waals surface area contributed by atoms with Gasteiger partial charge in [0.2, 0.25) is 5.91 Å². The molecule has 1 unspecified atom stereocenters. The van der Waals surface area contributed by atoms with Crippen LogP contribution in [0.2, 0.25) is 0 Å². The Balaban J connectivity index is 1.39. The van der Waals surface area contributed by atoms with Crippen LogP contribution >= 0.6 is 0 Å². The third kappa shape index (κ3) is 6.99. The first kappa shape index (κ1) is 34.3. The first-order valence-corrected chi connectivity index (χ1v) is 16.7. The predicted molar refractivity (Wildman–Crippen MR) is 171 cm³/mol. The van der Waals surface area contributed by atoms with Gasteiger partial charge in [-0.3, -0.25) is 19.3 Å². The number of aliphatic carboxylic acids is 1. The van der Waals surface area contributed by atoms with Crippen molar-refractivity contribution < 1.29 is 38.5 Å². The molecule has 2 heterocycles. The molecule has 5 rings (SSSR count). The number of rotatable bonds is 9.